The number of anilines is 1. The van der Waals surface area contributed by atoms with Crippen molar-refractivity contribution in [3.8, 4) is 0 Å². The number of carbonyl (C=O) groups excluding carboxylic acids is 1. The maximum absolute atomic E-state index is 12.9. The van der Waals surface area contributed by atoms with Crippen LogP contribution in [-0.2, 0) is 7.05 Å². The minimum absolute atomic E-state index is 0.0192. The third-order valence-electron chi connectivity index (χ3n) is 5.08. The molecule has 1 aromatic carbocycles. The van der Waals surface area contributed by atoms with E-state index in [2.05, 4.69) is 37.3 Å². The number of nitrogens with one attached hydrogen (secondary N) is 1. The van der Waals surface area contributed by atoms with E-state index in [9.17, 15) is 4.79 Å². The molecule has 2 amide bonds. The van der Waals surface area contributed by atoms with Gasteiger partial charge in [0.2, 0.25) is 0 Å². The molecule has 128 valence electrons. The molecule has 0 bridgehead atoms. The lowest BCUT2D eigenvalue weighted by molar-refractivity contribution is 0.242. The van der Waals surface area contributed by atoms with Crippen molar-refractivity contribution in [2.45, 2.75) is 46.1 Å². The van der Waals surface area contributed by atoms with Crippen molar-refractivity contribution in [1.82, 2.24) is 15.1 Å². The summed E-state index contributed by atoms with van der Waals surface area (Å²) in [5, 5.41) is 7.70. The lowest BCUT2D eigenvalue weighted by Crippen LogP contribution is -2.41. The molecule has 1 aliphatic heterocycles. The van der Waals surface area contributed by atoms with Crippen LogP contribution in [-0.4, -0.2) is 22.4 Å². The molecule has 1 aliphatic rings. The highest BCUT2D eigenvalue weighted by Crippen LogP contribution is 2.36. The first-order valence-corrected chi connectivity index (χ1v) is 8.61. The second-order valence-electron chi connectivity index (χ2n) is 6.69. The smallest absolute Gasteiger partial charge is 0.322 e. The van der Waals surface area contributed by atoms with E-state index in [4.69, 9.17) is 0 Å². The van der Waals surface area contributed by atoms with Crippen LogP contribution in [0.4, 0.5) is 10.5 Å². The number of aromatic nitrogens is 2. The number of amides is 2. The van der Waals surface area contributed by atoms with Crippen molar-refractivity contribution >= 4 is 11.7 Å². The standard InChI is InChI=1S/C19H26N4O/c1-6-16(18-13(3)21-22(5)14(18)4)20-19(24)23-11-12(2)15-9-7-8-10-17(15)23/h7-10,12,16H,6,11H2,1-5H3,(H,20,24)/t12-,16-/m0/s1. The third kappa shape index (κ3) is 2.68. The summed E-state index contributed by atoms with van der Waals surface area (Å²) in [6, 6.07) is 8.12. The van der Waals surface area contributed by atoms with Crippen molar-refractivity contribution in [2.24, 2.45) is 7.05 Å². The number of benzene rings is 1. The van der Waals surface area contributed by atoms with Crippen LogP contribution < -0.4 is 10.2 Å². The van der Waals surface area contributed by atoms with Gasteiger partial charge in [-0.15, -0.1) is 0 Å². The van der Waals surface area contributed by atoms with Crippen LogP contribution in [0, 0.1) is 13.8 Å². The van der Waals surface area contributed by atoms with E-state index in [1.54, 1.807) is 0 Å². The Labute approximate surface area is 143 Å². The van der Waals surface area contributed by atoms with E-state index >= 15 is 0 Å². The summed E-state index contributed by atoms with van der Waals surface area (Å²) in [5.41, 5.74) is 5.49. The van der Waals surface area contributed by atoms with Crippen LogP contribution in [0.2, 0.25) is 0 Å². The van der Waals surface area contributed by atoms with Gasteiger partial charge in [-0.1, -0.05) is 32.0 Å². The quantitative estimate of drug-likeness (QED) is 0.932. The molecule has 3 rings (SSSR count). The van der Waals surface area contributed by atoms with Gasteiger partial charge in [-0.25, -0.2) is 4.79 Å². The number of fused-ring (bicyclic) bond motifs is 1. The van der Waals surface area contributed by atoms with Gasteiger partial charge in [-0.05, 0) is 31.9 Å². The fraction of sp³-hybridized carbons (Fsp3) is 0.474. The molecule has 1 N–H and O–H groups in total. The van der Waals surface area contributed by atoms with Crippen LogP contribution in [0.25, 0.3) is 0 Å². The average Bonchev–Trinajstić information content (AvgIpc) is 3.03. The van der Waals surface area contributed by atoms with E-state index in [-0.39, 0.29) is 12.1 Å². The van der Waals surface area contributed by atoms with Crippen molar-refractivity contribution in [2.75, 3.05) is 11.4 Å². The highest BCUT2D eigenvalue weighted by Gasteiger charge is 2.31. The molecule has 2 heterocycles. The molecular weight excluding hydrogens is 300 g/mol. The van der Waals surface area contributed by atoms with E-state index < -0.39 is 0 Å². The fourth-order valence-electron chi connectivity index (χ4n) is 3.71. The minimum atomic E-state index is -0.0266. The number of nitrogens with zero attached hydrogens (tertiary/aromatic N) is 3. The predicted molar refractivity (Wildman–Crippen MR) is 96.4 cm³/mol. The van der Waals surface area contributed by atoms with E-state index in [0.717, 1.165) is 35.6 Å². The van der Waals surface area contributed by atoms with Crippen LogP contribution >= 0.6 is 0 Å². The molecule has 0 unspecified atom stereocenters. The van der Waals surface area contributed by atoms with E-state index in [1.165, 1.54) is 5.56 Å². The van der Waals surface area contributed by atoms with Crippen molar-refractivity contribution in [3.05, 3.63) is 46.8 Å². The molecule has 0 saturated carbocycles. The number of hydrogen-bond donors (Lipinski definition) is 1. The average molecular weight is 326 g/mol. The molecule has 1 aromatic heterocycles. The Bertz CT molecular complexity index is 765. The van der Waals surface area contributed by atoms with Gasteiger partial charge in [0.05, 0.1) is 11.7 Å². The molecule has 2 atom stereocenters. The van der Waals surface area contributed by atoms with Gasteiger partial charge in [-0.2, -0.15) is 5.10 Å². The number of urea groups is 1. The molecule has 0 radical (unpaired) electrons. The van der Waals surface area contributed by atoms with Gasteiger partial charge < -0.3 is 5.32 Å². The maximum Gasteiger partial charge on any atom is 0.322 e. The second-order valence-corrected chi connectivity index (χ2v) is 6.69. The normalized spacial score (nSPS) is 17.7. The Balaban J connectivity index is 1.84. The zero-order valence-corrected chi connectivity index (χ0v) is 15.1. The minimum Gasteiger partial charge on any atom is -0.331 e. The van der Waals surface area contributed by atoms with Crippen LogP contribution in [0.15, 0.2) is 24.3 Å². The van der Waals surface area contributed by atoms with E-state index in [1.807, 2.05) is 41.8 Å². The van der Waals surface area contributed by atoms with Gasteiger partial charge in [-0.3, -0.25) is 9.58 Å². The highest BCUT2D eigenvalue weighted by molar-refractivity contribution is 5.94. The molecule has 0 saturated heterocycles. The SMILES string of the molecule is CC[C@H](NC(=O)N1C[C@H](C)c2ccccc21)c1c(C)nn(C)c1C. The predicted octanol–water partition coefficient (Wildman–Crippen LogP) is 3.82. The Morgan fingerprint density at radius 2 is 2.08 bits per heavy atom. The summed E-state index contributed by atoms with van der Waals surface area (Å²) in [6.45, 7) is 9.05. The molecule has 0 fully saturated rings. The van der Waals surface area contributed by atoms with Crippen LogP contribution in [0.3, 0.4) is 0 Å². The summed E-state index contributed by atoms with van der Waals surface area (Å²) in [6.07, 6.45) is 0.837. The maximum atomic E-state index is 12.9. The summed E-state index contributed by atoms with van der Waals surface area (Å²) in [7, 11) is 1.94. The number of aryl methyl sites for hydroxylation is 2. The van der Waals surface area contributed by atoms with Gasteiger partial charge >= 0.3 is 6.03 Å². The molecule has 24 heavy (non-hydrogen) atoms. The number of hydrogen-bond acceptors (Lipinski definition) is 2. The molecular formula is C19H26N4O. The molecule has 0 spiro atoms. The van der Waals surface area contributed by atoms with E-state index in [0.29, 0.717) is 5.92 Å². The molecule has 5 nitrogen and oxygen atoms in total. The molecule has 0 aliphatic carbocycles. The summed E-state index contributed by atoms with van der Waals surface area (Å²) < 4.78 is 1.88. The van der Waals surface area contributed by atoms with Gasteiger partial charge in [0.1, 0.15) is 0 Å². The first-order chi connectivity index (χ1) is 11.4. The Morgan fingerprint density at radius 1 is 1.38 bits per heavy atom. The van der Waals surface area contributed by atoms with Gasteiger partial charge in [0.25, 0.3) is 0 Å². The third-order valence-corrected chi connectivity index (χ3v) is 5.08. The van der Waals surface area contributed by atoms with Crippen molar-refractivity contribution in [3.63, 3.8) is 0 Å². The fourth-order valence-corrected chi connectivity index (χ4v) is 3.71. The van der Waals surface area contributed by atoms with Gasteiger partial charge in [0.15, 0.2) is 0 Å². The monoisotopic (exact) mass is 326 g/mol. The Hall–Kier alpha value is -2.30. The largest absolute Gasteiger partial charge is 0.331 e. The summed E-state index contributed by atoms with van der Waals surface area (Å²) in [4.78, 5) is 14.8. The highest BCUT2D eigenvalue weighted by atomic mass is 16.2. The Kier molecular flexibility index (Phi) is 4.35. The lowest BCUT2D eigenvalue weighted by atomic mass is 10.0. The number of rotatable bonds is 3. The van der Waals surface area contributed by atoms with Crippen LogP contribution in [0.1, 0.15) is 54.7 Å². The summed E-state index contributed by atoms with van der Waals surface area (Å²) >= 11 is 0. The zero-order chi connectivity index (χ0) is 17.4. The second kappa shape index (κ2) is 6.30. The molecule has 5 heteroatoms. The zero-order valence-electron chi connectivity index (χ0n) is 15.1. The molecule has 2 aromatic rings. The van der Waals surface area contributed by atoms with Crippen LogP contribution in [0.5, 0.6) is 0 Å². The van der Waals surface area contributed by atoms with Crippen molar-refractivity contribution < 1.29 is 4.79 Å². The number of para-hydroxylation sites is 1. The topological polar surface area (TPSA) is 50.2 Å². The van der Waals surface area contributed by atoms with Crippen molar-refractivity contribution in [1.29, 1.82) is 0 Å². The lowest BCUT2D eigenvalue weighted by Gasteiger charge is -2.24. The first-order valence-electron chi connectivity index (χ1n) is 8.61. The van der Waals surface area contributed by atoms with Gasteiger partial charge in [0, 0.05) is 36.5 Å². The summed E-state index contributed by atoms with van der Waals surface area (Å²) in [5.74, 6) is 0.369. The first kappa shape index (κ1) is 16.6. The number of carbonyl (C=O) groups is 1. The Morgan fingerprint density at radius 3 is 2.71 bits per heavy atom.